The highest BCUT2D eigenvalue weighted by molar-refractivity contribution is 5.97. The lowest BCUT2D eigenvalue weighted by Crippen LogP contribution is -2.45. The van der Waals surface area contributed by atoms with E-state index in [1.54, 1.807) is 19.1 Å². The first-order valence-corrected chi connectivity index (χ1v) is 11.8. The van der Waals surface area contributed by atoms with Gasteiger partial charge in [0.15, 0.2) is 5.69 Å². The van der Waals surface area contributed by atoms with Crippen molar-refractivity contribution in [1.29, 1.82) is 5.26 Å². The van der Waals surface area contributed by atoms with Gasteiger partial charge in [-0.2, -0.15) is 23.5 Å². The zero-order chi connectivity index (χ0) is 25.8. The fraction of sp³-hybridized carbons (Fsp3) is 0.560. The zero-order valence-electron chi connectivity index (χ0n) is 20.2. The summed E-state index contributed by atoms with van der Waals surface area (Å²) < 4.78 is 44.8. The lowest BCUT2D eigenvalue weighted by atomic mass is 9.79. The van der Waals surface area contributed by atoms with E-state index < -0.39 is 24.1 Å². The maximum atomic E-state index is 13.0. The average Bonchev–Trinajstić information content (AvgIpc) is 3.21. The first kappa shape index (κ1) is 26.5. The molecule has 10 heteroatoms. The highest BCUT2D eigenvalue weighted by atomic mass is 19.4. The van der Waals surface area contributed by atoms with Crippen LogP contribution in [-0.2, 0) is 13.0 Å². The van der Waals surface area contributed by atoms with Crippen LogP contribution in [0.5, 0.6) is 5.75 Å². The smallest absolute Gasteiger partial charge is 0.389 e. The van der Waals surface area contributed by atoms with Gasteiger partial charge >= 0.3 is 6.18 Å². The number of aliphatic hydroxyl groups is 1. The molecular weight excluding hydrogens is 461 g/mol. The predicted molar refractivity (Wildman–Crippen MR) is 124 cm³/mol. The van der Waals surface area contributed by atoms with E-state index in [-0.39, 0.29) is 30.0 Å². The number of carbonyl (C=O) groups is 1. The molecule has 1 aromatic carbocycles. The van der Waals surface area contributed by atoms with Gasteiger partial charge in [-0.1, -0.05) is 13.0 Å². The van der Waals surface area contributed by atoms with Gasteiger partial charge in [0, 0.05) is 25.1 Å². The molecule has 190 valence electrons. The third-order valence-corrected chi connectivity index (χ3v) is 6.58. The Labute approximate surface area is 202 Å². The third kappa shape index (κ3) is 6.34. The Morgan fingerprint density at radius 1 is 1.37 bits per heavy atom. The molecule has 1 aliphatic carbocycles. The van der Waals surface area contributed by atoms with Crippen LogP contribution in [0.2, 0.25) is 0 Å². The summed E-state index contributed by atoms with van der Waals surface area (Å²) in [6.07, 6.45) is -2.49. The van der Waals surface area contributed by atoms with Crippen LogP contribution in [0.3, 0.4) is 0 Å². The van der Waals surface area contributed by atoms with Gasteiger partial charge in [0.2, 0.25) is 0 Å². The molecule has 2 aromatic rings. The van der Waals surface area contributed by atoms with Gasteiger partial charge in [-0.05, 0) is 62.6 Å². The van der Waals surface area contributed by atoms with E-state index in [1.807, 2.05) is 0 Å². The van der Waals surface area contributed by atoms with Crippen molar-refractivity contribution in [2.75, 3.05) is 13.7 Å². The monoisotopic (exact) mass is 492 g/mol. The number of halogens is 3. The van der Waals surface area contributed by atoms with Gasteiger partial charge in [0.05, 0.1) is 18.4 Å². The van der Waals surface area contributed by atoms with Crippen LogP contribution >= 0.6 is 0 Å². The number of nitriles is 1. The van der Waals surface area contributed by atoms with Crippen LogP contribution < -0.4 is 10.1 Å². The van der Waals surface area contributed by atoms with Crippen LogP contribution in [-0.4, -0.2) is 46.2 Å². The van der Waals surface area contributed by atoms with Gasteiger partial charge < -0.3 is 15.2 Å². The molecule has 0 unspecified atom stereocenters. The van der Waals surface area contributed by atoms with Crippen LogP contribution in [0.15, 0.2) is 18.2 Å². The molecule has 0 radical (unpaired) electrons. The number of aromatic nitrogens is 2. The minimum absolute atomic E-state index is 0.0370. The molecule has 7 nitrogen and oxygen atoms in total. The van der Waals surface area contributed by atoms with E-state index in [9.17, 15) is 28.3 Å². The van der Waals surface area contributed by atoms with Crippen molar-refractivity contribution in [3.63, 3.8) is 0 Å². The molecule has 0 spiro atoms. The predicted octanol–water partition coefficient (Wildman–Crippen LogP) is 4.62. The summed E-state index contributed by atoms with van der Waals surface area (Å²) in [7, 11) is 1.39. The standard InChI is InChI=1S/C25H31F3N4O3/c1-4-32-22(18-6-5-17(13-20(18)35-3)9-12-25(26,27)28)19(14-29)21(31-32)23(33)30-15-24(34)10-7-16(2)8-11-24/h5-6,13,16,34H,4,7-12,15H2,1-3H3,(H,30,33). The number of hydrogen-bond donors (Lipinski definition) is 2. The topological polar surface area (TPSA) is 100 Å². The van der Waals surface area contributed by atoms with Crippen LogP contribution in [0.25, 0.3) is 11.3 Å². The largest absolute Gasteiger partial charge is 0.496 e. The van der Waals surface area contributed by atoms with Crippen molar-refractivity contribution in [2.24, 2.45) is 5.92 Å². The van der Waals surface area contributed by atoms with Crippen LogP contribution in [0.1, 0.15) is 67.6 Å². The number of rotatable bonds is 8. The number of carbonyl (C=O) groups excluding carboxylic acids is 1. The maximum Gasteiger partial charge on any atom is 0.389 e. The summed E-state index contributed by atoms with van der Waals surface area (Å²) >= 11 is 0. The van der Waals surface area contributed by atoms with Crippen molar-refractivity contribution in [1.82, 2.24) is 15.1 Å². The molecule has 35 heavy (non-hydrogen) atoms. The number of hydrogen-bond acceptors (Lipinski definition) is 5. The quantitative estimate of drug-likeness (QED) is 0.560. The molecule has 3 rings (SSSR count). The molecule has 2 N–H and O–H groups in total. The SMILES string of the molecule is CCn1nc(C(=O)NCC2(O)CCC(C)CC2)c(C#N)c1-c1ccc(CCC(F)(F)F)cc1OC. The van der Waals surface area contributed by atoms with E-state index in [0.29, 0.717) is 42.1 Å². The molecule has 0 bridgehead atoms. The molecule has 0 aliphatic heterocycles. The maximum absolute atomic E-state index is 13.0. The number of alkyl halides is 3. The molecular formula is C25H31F3N4O3. The lowest BCUT2D eigenvalue weighted by molar-refractivity contribution is -0.134. The normalized spacial score (nSPS) is 20.3. The minimum atomic E-state index is -4.27. The van der Waals surface area contributed by atoms with Crippen molar-refractivity contribution < 1.29 is 27.8 Å². The number of amides is 1. The summed E-state index contributed by atoms with van der Waals surface area (Å²) in [5.41, 5.74) is 0.227. The van der Waals surface area contributed by atoms with Gasteiger partial charge in [0.1, 0.15) is 17.4 Å². The summed E-state index contributed by atoms with van der Waals surface area (Å²) in [6.45, 7) is 4.34. The fourth-order valence-electron chi connectivity index (χ4n) is 4.41. The van der Waals surface area contributed by atoms with Crippen LogP contribution in [0, 0.1) is 17.2 Å². The third-order valence-electron chi connectivity index (χ3n) is 6.58. The fourth-order valence-corrected chi connectivity index (χ4v) is 4.41. The zero-order valence-corrected chi connectivity index (χ0v) is 20.2. The Hall–Kier alpha value is -3.06. The van der Waals surface area contributed by atoms with E-state index in [1.165, 1.54) is 17.9 Å². The Morgan fingerprint density at radius 3 is 2.63 bits per heavy atom. The van der Waals surface area contributed by atoms with Gasteiger partial charge in [-0.15, -0.1) is 0 Å². The summed E-state index contributed by atoms with van der Waals surface area (Å²) in [6, 6.07) is 6.70. The Kier molecular flexibility index (Phi) is 8.11. The first-order chi connectivity index (χ1) is 16.5. The second-order valence-electron chi connectivity index (χ2n) is 9.24. The summed E-state index contributed by atoms with van der Waals surface area (Å²) in [5.74, 6) is 0.255. The van der Waals surface area contributed by atoms with Crippen LogP contribution in [0.4, 0.5) is 13.2 Å². The van der Waals surface area contributed by atoms with Gasteiger partial charge in [0.25, 0.3) is 5.91 Å². The van der Waals surface area contributed by atoms with Gasteiger partial charge in [-0.3, -0.25) is 9.48 Å². The van der Waals surface area contributed by atoms with E-state index in [2.05, 4.69) is 23.4 Å². The number of aryl methyl sites for hydroxylation is 2. The highest BCUT2D eigenvalue weighted by Gasteiger charge is 2.33. The average molecular weight is 493 g/mol. The number of nitrogens with one attached hydrogen (secondary N) is 1. The minimum Gasteiger partial charge on any atom is -0.496 e. The summed E-state index contributed by atoms with van der Waals surface area (Å²) in [5, 5.41) is 27.8. The second-order valence-corrected chi connectivity index (χ2v) is 9.24. The van der Waals surface area contributed by atoms with E-state index in [4.69, 9.17) is 4.74 Å². The lowest BCUT2D eigenvalue weighted by Gasteiger charge is -2.34. The molecule has 1 saturated carbocycles. The Balaban J connectivity index is 1.89. The molecule has 1 aromatic heterocycles. The molecule has 0 atom stereocenters. The molecule has 1 aliphatic rings. The number of nitrogens with zero attached hydrogens (tertiary/aromatic N) is 3. The van der Waals surface area contributed by atoms with Crippen molar-refractivity contribution in [3.05, 3.63) is 35.0 Å². The van der Waals surface area contributed by atoms with E-state index in [0.717, 1.165) is 12.8 Å². The number of ether oxygens (including phenoxy) is 1. The van der Waals surface area contributed by atoms with E-state index >= 15 is 0 Å². The molecule has 0 saturated heterocycles. The molecule has 1 fully saturated rings. The second kappa shape index (κ2) is 10.7. The van der Waals surface area contributed by atoms with Crippen molar-refractivity contribution in [2.45, 2.75) is 70.7 Å². The van der Waals surface area contributed by atoms with Gasteiger partial charge in [-0.25, -0.2) is 0 Å². The summed E-state index contributed by atoms with van der Waals surface area (Å²) in [4.78, 5) is 13.0. The Morgan fingerprint density at radius 2 is 2.06 bits per heavy atom. The number of methoxy groups -OCH3 is 1. The number of benzene rings is 1. The highest BCUT2D eigenvalue weighted by Crippen LogP contribution is 2.36. The molecule has 1 amide bonds. The molecule has 1 heterocycles. The first-order valence-electron chi connectivity index (χ1n) is 11.8. The Bertz CT molecular complexity index is 1100. The van der Waals surface area contributed by atoms with Crippen molar-refractivity contribution >= 4 is 5.91 Å². The van der Waals surface area contributed by atoms with Crippen molar-refractivity contribution in [3.8, 4) is 23.1 Å².